The summed E-state index contributed by atoms with van der Waals surface area (Å²) in [4.78, 5) is 12.9. The lowest BCUT2D eigenvalue weighted by molar-refractivity contribution is 0.795. The zero-order valence-electron chi connectivity index (χ0n) is 13.7. The molecule has 0 aromatic carbocycles. The van der Waals surface area contributed by atoms with E-state index in [0.717, 1.165) is 37.6 Å². The third-order valence-electron chi connectivity index (χ3n) is 3.42. The molecule has 2 N–H and O–H groups in total. The van der Waals surface area contributed by atoms with E-state index in [1.54, 1.807) is 18.4 Å². The topological polar surface area (TPSA) is 49.3 Å². The van der Waals surface area contributed by atoms with Crippen molar-refractivity contribution in [2.45, 2.75) is 40.2 Å². The molecule has 0 unspecified atom stereocenters. The Kier molecular flexibility index (Phi) is 6.39. The zero-order valence-corrected chi connectivity index (χ0v) is 15.3. The van der Waals surface area contributed by atoms with Gasteiger partial charge < -0.3 is 10.6 Å². The molecule has 0 aliphatic heterocycles. The molecule has 2 rings (SSSR count). The molecule has 0 aliphatic carbocycles. The molecule has 22 heavy (non-hydrogen) atoms. The number of thiophene rings is 1. The highest BCUT2D eigenvalue weighted by molar-refractivity contribution is 7.12. The number of nitrogens with one attached hydrogen (secondary N) is 2. The number of hydrogen-bond donors (Lipinski definition) is 2. The maximum absolute atomic E-state index is 4.56. The van der Waals surface area contributed by atoms with E-state index in [-0.39, 0.29) is 0 Å². The maximum atomic E-state index is 4.56. The summed E-state index contributed by atoms with van der Waals surface area (Å²) < 4.78 is 0. The van der Waals surface area contributed by atoms with Crippen molar-refractivity contribution in [2.75, 3.05) is 13.6 Å². The van der Waals surface area contributed by atoms with Crippen LogP contribution in [0.4, 0.5) is 0 Å². The van der Waals surface area contributed by atoms with E-state index in [9.17, 15) is 0 Å². The highest BCUT2D eigenvalue weighted by Gasteiger charge is 2.05. The first-order chi connectivity index (χ1) is 10.6. The molecule has 120 valence electrons. The zero-order chi connectivity index (χ0) is 15.9. The van der Waals surface area contributed by atoms with Crippen LogP contribution in [0.5, 0.6) is 0 Å². The van der Waals surface area contributed by atoms with Crippen LogP contribution in [-0.4, -0.2) is 24.5 Å². The third-order valence-corrected chi connectivity index (χ3v) is 5.79. The minimum absolute atomic E-state index is 0.819. The number of nitrogens with zero attached hydrogens (tertiary/aromatic N) is 2. The Bertz CT molecular complexity index is 608. The maximum Gasteiger partial charge on any atom is 0.191 e. The SMILES string of the molecule is CCc1ccc(CNC(=NC)NCCc2nc(C)c(C)s2)s1. The highest BCUT2D eigenvalue weighted by Crippen LogP contribution is 2.17. The summed E-state index contributed by atoms with van der Waals surface area (Å²) in [6, 6.07) is 4.38. The lowest BCUT2D eigenvalue weighted by Crippen LogP contribution is -2.37. The van der Waals surface area contributed by atoms with Gasteiger partial charge in [0, 0.05) is 34.6 Å². The largest absolute Gasteiger partial charge is 0.356 e. The van der Waals surface area contributed by atoms with E-state index in [1.165, 1.54) is 19.6 Å². The molecule has 0 amide bonds. The van der Waals surface area contributed by atoms with Gasteiger partial charge in [-0.2, -0.15) is 0 Å². The first kappa shape index (κ1) is 17.0. The molecule has 0 radical (unpaired) electrons. The fraction of sp³-hybridized carbons (Fsp3) is 0.500. The van der Waals surface area contributed by atoms with Crippen LogP contribution in [0, 0.1) is 13.8 Å². The monoisotopic (exact) mass is 336 g/mol. The first-order valence-corrected chi connectivity index (χ1v) is 9.20. The summed E-state index contributed by atoms with van der Waals surface area (Å²) in [6.07, 6.45) is 2.03. The minimum atomic E-state index is 0.819. The van der Waals surface area contributed by atoms with Gasteiger partial charge >= 0.3 is 0 Å². The molecule has 0 atom stereocenters. The number of aromatic nitrogens is 1. The van der Waals surface area contributed by atoms with Crippen LogP contribution in [0.25, 0.3) is 0 Å². The van der Waals surface area contributed by atoms with Crippen molar-refractivity contribution in [1.29, 1.82) is 0 Å². The normalized spacial score (nSPS) is 11.7. The van der Waals surface area contributed by atoms with E-state index in [4.69, 9.17) is 0 Å². The molecule has 0 saturated carbocycles. The van der Waals surface area contributed by atoms with E-state index in [1.807, 2.05) is 11.3 Å². The second-order valence-electron chi connectivity index (χ2n) is 5.07. The van der Waals surface area contributed by atoms with Gasteiger partial charge in [-0.15, -0.1) is 22.7 Å². The average Bonchev–Trinajstić information content (AvgIpc) is 3.09. The molecule has 0 bridgehead atoms. The molecule has 2 aromatic heterocycles. The average molecular weight is 337 g/mol. The molecule has 0 saturated heterocycles. The molecule has 2 aromatic rings. The fourth-order valence-corrected chi connectivity index (χ4v) is 3.86. The summed E-state index contributed by atoms with van der Waals surface area (Å²) in [7, 11) is 1.80. The van der Waals surface area contributed by atoms with Gasteiger partial charge in [-0.05, 0) is 32.4 Å². The van der Waals surface area contributed by atoms with Crippen molar-refractivity contribution in [3.8, 4) is 0 Å². The molecule has 0 fully saturated rings. The van der Waals surface area contributed by atoms with Gasteiger partial charge in [-0.1, -0.05) is 6.92 Å². The van der Waals surface area contributed by atoms with Gasteiger partial charge in [0.2, 0.25) is 0 Å². The second-order valence-corrected chi connectivity index (χ2v) is 7.61. The van der Waals surface area contributed by atoms with Crippen molar-refractivity contribution >= 4 is 28.6 Å². The van der Waals surface area contributed by atoms with E-state index >= 15 is 0 Å². The van der Waals surface area contributed by atoms with E-state index in [0.29, 0.717) is 0 Å². The first-order valence-electron chi connectivity index (χ1n) is 7.57. The highest BCUT2D eigenvalue weighted by atomic mass is 32.1. The van der Waals surface area contributed by atoms with Crippen LogP contribution < -0.4 is 10.6 Å². The van der Waals surface area contributed by atoms with Gasteiger partial charge in [-0.25, -0.2) is 4.98 Å². The van der Waals surface area contributed by atoms with Crippen LogP contribution in [-0.2, 0) is 19.4 Å². The molecule has 2 heterocycles. The van der Waals surface area contributed by atoms with Gasteiger partial charge in [-0.3, -0.25) is 4.99 Å². The summed E-state index contributed by atoms with van der Waals surface area (Å²) >= 11 is 3.64. The van der Waals surface area contributed by atoms with E-state index in [2.05, 4.69) is 53.5 Å². The van der Waals surface area contributed by atoms with Crippen LogP contribution in [0.2, 0.25) is 0 Å². The van der Waals surface area contributed by atoms with Gasteiger partial charge in [0.05, 0.1) is 17.2 Å². The Hall–Kier alpha value is -1.40. The Morgan fingerprint density at radius 2 is 1.95 bits per heavy atom. The van der Waals surface area contributed by atoms with Gasteiger partial charge in [0.1, 0.15) is 0 Å². The van der Waals surface area contributed by atoms with Crippen molar-refractivity contribution < 1.29 is 0 Å². The predicted octanol–water partition coefficient (Wildman–Crippen LogP) is 3.29. The van der Waals surface area contributed by atoms with E-state index < -0.39 is 0 Å². The summed E-state index contributed by atoms with van der Waals surface area (Å²) in [5, 5.41) is 7.89. The van der Waals surface area contributed by atoms with Crippen LogP contribution in [0.1, 0.15) is 32.3 Å². The van der Waals surface area contributed by atoms with Gasteiger partial charge in [0.25, 0.3) is 0 Å². The standard InChI is InChI=1S/C16H24N4S2/c1-5-13-6-7-14(22-13)10-19-16(17-4)18-9-8-15-20-11(2)12(3)21-15/h6-7H,5,8-10H2,1-4H3,(H2,17,18,19). The number of hydrogen-bond acceptors (Lipinski definition) is 4. The molecular weight excluding hydrogens is 312 g/mol. The summed E-state index contributed by atoms with van der Waals surface area (Å²) in [5.41, 5.74) is 1.15. The van der Waals surface area contributed by atoms with Crippen LogP contribution in [0.3, 0.4) is 0 Å². The lowest BCUT2D eigenvalue weighted by atomic mass is 10.3. The minimum Gasteiger partial charge on any atom is -0.356 e. The van der Waals surface area contributed by atoms with Crippen molar-refractivity contribution in [3.05, 3.63) is 37.5 Å². The number of rotatable bonds is 6. The van der Waals surface area contributed by atoms with Crippen molar-refractivity contribution in [3.63, 3.8) is 0 Å². The van der Waals surface area contributed by atoms with Crippen LogP contribution in [0.15, 0.2) is 17.1 Å². The third kappa shape index (κ3) is 4.81. The number of aryl methyl sites for hydroxylation is 3. The summed E-state index contributed by atoms with van der Waals surface area (Å²) in [6.45, 7) is 8.03. The number of aliphatic imine (C=N–C) groups is 1. The predicted molar refractivity (Wildman–Crippen MR) is 97.2 cm³/mol. The smallest absolute Gasteiger partial charge is 0.191 e. The fourth-order valence-electron chi connectivity index (χ4n) is 2.03. The second kappa shape index (κ2) is 8.29. The number of guanidine groups is 1. The van der Waals surface area contributed by atoms with Gasteiger partial charge in [0.15, 0.2) is 5.96 Å². The Morgan fingerprint density at radius 1 is 1.18 bits per heavy atom. The Balaban J connectivity index is 1.75. The molecule has 4 nitrogen and oxygen atoms in total. The molecule has 0 spiro atoms. The van der Waals surface area contributed by atoms with Crippen molar-refractivity contribution in [2.24, 2.45) is 4.99 Å². The molecule has 0 aliphatic rings. The molecule has 6 heteroatoms. The Labute approximate surface area is 140 Å². The van der Waals surface area contributed by atoms with Crippen molar-refractivity contribution in [1.82, 2.24) is 15.6 Å². The lowest BCUT2D eigenvalue weighted by Gasteiger charge is -2.10. The van der Waals surface area contributed by atoms with Crippen LogP contribution >= 0.6 is 22.7 Å². The quantitative estimate of drug-likeness (QED) is 0.629. The number of thiazole rings is 1. The Morgan fingerprint density at radius 3 is 2.55 bits per heavy atom. The summed E-state index contributed by atoms with van der Waals surface area (Å²) in [5.74, 6) is 0.844. The molecular formula is C16H24N4S2.